The summed E-state index contributed by atoms with van der Waals surface area (Å²) >= 11 is 5.59. The maximum Gasteiger partial charge on any atom is 0.416 e. The van der Waals surface area contributed by atoms with Crippen LogP contribution in [-0.4, -0.2) is 23.5 Å². The van der Waals surface area contributed by atoms with Gasteiger partial charge in [0.25, 0.3) is 0 Å². The van der Waals surface area contributed by atoms with Crippen LogP contribution in [0.1, 0.15) is 19.4 Å². The van der Waals surface area contributed by atoms with Gasteiger partial charge in [0.2, 0.25) is 5.91 Å². The lowest BCUT2D eigenvalue weighted by atomic mass is 10.2. The van der Waals surface area contributed by atoms with Gasteiger partial charge in [0.15, 0.2) is 0 Å². The van der Waals surface area contributed by atoms with Gasteiger partial charge in [-0.2, -0.15) is 13.2 Å². The molecule has 0 aliphatic rings. The highest BCUT2D eigenvalue weighted by Crippen LogP contribution is 2.33. The Morgan fingerprint density at radius 2 is 2.05 bits per heavy atom. The number of alkyl halides is 3. The molecule has 1 aromatic heterocycles. The molecule has 0 unspecified atom stereocenters. The van der Waals surface area contributed by atoms with E-state index in [4.69, 9.17) is 17.3 Å². The van der Waals surface area contributed by atoms with Crippen LogP contribution >= 0.6 is 11.6 Å². The Balaban J connectivity index is 3.24. The van der Waals surface area contributed by atoms with Gasteiger partial charge in [-0.05, 0) is 26.0 Å². The normalized spacial score (nSPS) is 11.7. The SMILES string of the molecule is CC(C)N(CC(N)=O)c1cc(C(F)(F)F)cc(Cl)n1. The Labute approximate surface area is 113 Å². The predicted octanol–water partition coefficient (Wildman–Crippen LogP) is 2.45. The standard InChI is InChI=1S/C11H13ClF3N3O/c1-6(2)18(5-9(16)19)10-4-7(11(13,14)15)3-8(12)17-10/h3-4,6H,5H2,1-2H3,(H2,16,19). The van der Waals surface area contributed by atoms with Gasteiger partial charge in [0.1, 0.15) is 11.0 Å². The Hall–Kier alpha value is -1.50. The van der Waals surface area contributed by atoms with Gasteiger partial charge >= 0.3 is 6.18 Å². The van der Waals surface area contributed by atoms with E-state index in [1.165, 1.54) is 4.90 Å². The fraction of sp³-hybridized carbons (Fsp3) is 0.455. The minimum absolute atomic E-state index is 0.0337. The molecule has 0 aliphatic heterocycles. The third-order valence-corrected chi connectivity index (χ3v) is 2.55. The topological polar surface area (TPSA) is 59.2 Å². The number of nitrogens with zero attached hydrogens (tertiary/aromatic N) is 2. The molecule has 0 aliphatic carbocycles. The molecular weight excluding hydrogens is 283 g/mol. The van der Waals surface area contributed by atoms with E-state index in [1.54, 1.807) is 13.8 Å². The maximum atomic E-state index is 12.7. The van der Waals surface area contributed by atoms with Crippen molar-refractivity contribution >= 4 is 23.3 Å². The summed E-state index contributed by atoms with van der Waals surface area (Å²) < 4.78 is 38.0. The monoisotopic (exact) mass is 295 g/mol. The molecule has 0 spiro atoms. The number of carbonyl (C=O) groups excluding carboxylic acids is 1. The summed E-state index contributed by atoms with van der Waals surface area (Å²) in [6, 6.07) is 1.32. The summed E-state index contributed by atoms with van der Waals surface area (Å²) in [5, 5.41) is -0.292. The number of aromatic nitrogens is 1. The molecule has 1 heterocycles. The number of carbonyl (C=O) groups is 1. The predicted molar refractivity (Wildman–Crippen MR) is 65.9 cm³/mol. The van der Waals surface area contributed by atoms with Crippen LogP contribution in [0.2, 0.25) is 5.15 Å². The lowest BCUT2D eigenvalue weighted by Crippen LogP contribution is -2.39. The van der Waals surface area contributed by atoms with E-state index in [2.05, 4.69) is 4.98 Å². The van der Waals surface area contributed by atoms with Crippen molar-refractivity contribution < 1.29 is 18.0 Å². The van der Waals surface area contributed by atoms with Gasteiger partial charge < -0.3 is 10.6 Å². The van der Waals surface area contributed by atoms with E-state index < -0.39 is 17.6 Å². The van der Waals surface area contributed by atoms with Crippen LogP contribution in [0.4, 0.5) is 19.0 Å². The zero-order valence-corrected chi connectivity index (χ0v) is 11.1. The lowest BCUT2D eigenvalue weighted by molar-refractivity contribution is -0.137. The molecule has 19 heavy (non-hydrogen) atoms. The summed E-state index contributed by atoms with van der Waals surface area (Å²) in [5.74, 6) is -0.697. The third kappa shape index (κ3) is 4.27. The molecule has 0 bridgehead atoms. The molecule has 4 nitrogen and oxygen atoms in total. The molecule has 8 heteroatoms. The van der Waals surface area contributed by atoms with Gasteiger partial charge in [0.05, 0.1) is 12.1 Å². The number of primary amides is 1. The van der Waals surface area contributed by atoms with E-state index in [9.17, 15) is 18.0 Å². The fourth-order valence-corrected chi connectivity index (χ4v) is 1.69. The number of nitrogens with two attached hydrogens (primary N) is 1. The van der Waals surface area contributed by atoms with Crippen molar-refractivity contribution in [2.75, 3.05) is 11.4 Å². The second-order valence-corrected chi connectivity index (χ2v) is 4.61. The highest BCUT2D eigenvalue weighted by atomic mass is 35.5. The van der Waals surface area contributed by atoms with E-state index in [1.807, 2.05) is 0 Å². The Kier molecular flexibility index (Phi) is 4.62. The number of rotatable bonds is 4. The van der Waals surface area contributed by atoms with Crippen molar-refractivity contribution in [2.24, 2.45) is 5.73 Å². The van der Waals surface area contributed by atoms with Crippen LogP contribution in [0.15, 0.2) is 12.1 Å². The first kappa shape index (κ1) is 15.6. The first-order valence-corrected chi connectivity index (χ1v) is 5.78. The van der Waals surface area contributed by atoms with Crippen LogP contribution in [-0.2, 0) is 11.0 Å². The molecule has 106 valence electrons. The quantitative estimate of drug-likeness (QED) is 0.868. The summed E-state index contributed by atoms with van der Waals surface area (Å²) in [5.41, 5.74) is 4.15. The largest absolute Gasteiger partial charge is 0.416 e. The summed E-state index contributed by atoms with van der Waals surface area (Å²) in [7, 11) is 0. The highest BCUT2D eigenvalue weighted by Gasteiger charge is 2.32. The van der Waals surface area contributed by atoms with Crippen LogP contribution in [0, 0.1) is 0 Å². The van der Waals surface area contributed by atoms with E-state index in [0.29, 0.717) is 0 Å². The van der Waals surface area contributed by atoms with Gasteiger partial charge in [-0.1, -0.05) is 11.6 Å². The zero-order chi connectivity index (χ0) is 14.8. The van der Waals surface area contributed by atoms with Crippen LogP contribution in [0.5, 0.6) is 0 Å². The molecule has 0 radical (unpaired) electrons. The van der Waals surface area contributed by atoms with Gasteiger partial charge in [-0.15, -0.1) is 0 Å². The number of pyridine rings is 1. The zero-order valence-electron chi connectivity index (χ0n) is 10.3. The van der Waals surface area contributed by atoms with E-state index in [-0.39, 0.29) is 23.6 Å². The second kappa shape index (κ2) is 5.64. The average Bonchev–Trinajstić information content (AvgIpc) is 2.23. The number of anilines is 1. The molecule has 0 saturated heterocycles. The molecule has 1 aromatic rings. The Bertz CT molecular complexity index is 477. The Morgan fingerprint density at radius 1 is 1.47 bits per heavy atom. The van der Waals surface area contributed by atoms with Gasteiger partial charge in [-0.3, -0.25) is 4.79 Å². The summed E-state index contributed by atoms with van der Waals surface area (Å²) in [6.45, 7) is 3.18. The van der Waals surface area contributed by atoms with Crippen LogP contribution < -0.4 is 10.6 Å². The van der Waals surface area contributed by atoms with Gasteiger partial charge in [-0.25, -0.2) is 4.98 Å². The number of amides is 1. The molecule has 1 amide bonds. The van der Waals surface area contributed by atoms with Crippen molar-refractivity contribution in [3.05, 3.63) is 22.8 Å². The van der Waals surface area contributed by atoms with E-state index in [0.717, 1.165) is 12.1 Å². The van der Waals surface area contributed by atoms with Crippen molar-refractivity contribution in [3.63, 3.8) is 0 Å². The first-order valence-electron chi connectivity index (χ1n) is 5.41. The lowest BCUT2D eigenvalue weighted by Gasteiger charge is -2.27. The molecule has 2 N–H and O–H groups in total. The highest BCUT2D eigenvalue weighted by molar-refractivity contribution is 6.29. The molecule has 0 saturated carbocycles. The smallest absolute Gasteiger partial charge is 0.368 e. The minimum atomic E-state index is -4.53. The average molecular weight is 296 g/mol. The van der Waals surface area contributed by atoms with E-state index >= 15 is 0 Å². The van der Waals surface area contributed by atoms with Crippen LogP contribution in [0.25, 0.3) is 0 Å². The van der Waals surface area contributed by atoms with Crippen molar-refractivity contribution in [2.45, 2.75) is 26.1 Å². The first-order chi connectivity index (χ1) is 8.61. The molecular formula is C11H13ClF3N3O. The number of hydrogen-bond donors (Lipinski definition) is 1. The van der Waals surface area contributed by atoms with Crippen molar-refractivity contribution in [1.29, 1.82) is 0 Å². The molecule has 1 rings (SSSR count). The van der Waals surface area contributed by atoms with Crippen LogP contribution in [0.3, 0.4) is 0 Å². The molecule has 0 fully saturated rings. The minimum Gasteiger partial charge on any atom is -0.368 e. The Morgan fingerprint density at radius 3 is 2.47 bits per heavy atom. The third-order valence-electron chi connectivity index (χ3n) is 2.35. The summed E-state index contributed by atoms with van der Waals surface area (Å²) in [6.07, 6.45) is -4.53. The second-order valence-electron chi connectivity index (χ2n) is 4.22. The summed E-state index contributed by atoms with van der Waals surface area (Å²) in [4.78, 5) is 16.1. The number of hydrogen-bond acceptors (Lipinski definition) is 3. The van der Waals surface area contributed by atoms with Gasteiger partial charge in [0, 0.05) is 6.04 Å². The molecule has 0 aromatic carbocycles. The van der Waals surface area contributed by atoms with Crippen molar-refractivity contribution in [1.82, 2.24) is 4.98 Å². The number of halogens is 4. The fourth-order valence-electron chi connectivity index (χ4n) is 1.49. The van der Waals surface area contributed by atoms with Crippen molar-refractivity contribution in [3.8, 4) is 0 Å². The maximum absolute atomic E-state index is 12.7. The molecule has 0 atom stereocenters.